The van der Waals surface area contributed by atoms with Gasteiger partial charge in [-0.05, 0) is 51.2 Å². The summed E-state index contributed by atoms with van der Waals surface area (Å²) >= 11 is 0. The van der Waals surface area contributed by atoms with E-state index in [0.717, 1.165) is 17.7 Å². The second-order valence-corrected chi connectivity index (χ2v) is 5.75. The van der Waals surface area contributed by atoms with E-state index in [-0.39, 0.29) is 5.54 Å². The molecular weight excluding hydrogens is 198 g/mol. The fraction of sp³-hybridized carbons (Fsp3) is 0.571. The predicted octanol–water partition coefficient (Wildman–Crippen LogP) is 3.78. The quantitative estimate of drug-likeness (QED) is 0.717. The zero-order valence-electron chi connectivity index (χ0n) is 10.8. The zero-order valence-corrected chi connectivity index (χ0v) is 10.8. The van der Waals surface area contributed by atoms with Gasteiger partial charge in [-0.25, -0.2) is 0 Å². The first-order valence-electron chi connectivity index (χ1n) is 5.93. The van der Waals surface area contributed by atoms with E-state index in [9.17, 15) is 5.21 Å². The number of hydroxylamine groups is 1. The van der Waals surface area contributed by atoms with Crippen LogP contribution in [0.3, 0.4) is 0 Å². The number of nitrogens with zero attached hydrogens (tertiary/aromatic N) is 1. The van der Waals surface area contributed by atoms with E-state index in [2.05, 4.69) is 46.8 Å². The summed E-state index contributed by atoms with van der Waals surface area (Å²) in [6.07, 6.45) is 0.986. The second kappa shape index (κ2) is 3.49. The summed E-state index contributed by atoms with van der Waals surface area (Å²) in [5, 5.41) is 11.8. The van der Waals surface area contributed by atoms with Crippen LogP contribution in [0.15, 0.2) is 12.1 Å². The number of hydrogen-bond donors (Lipinski definition) is 1. The van der Waals surface area contributed by atoms with Crippen LogP contribution in [-0.2, 0) is 0 Å². The number of anilines is 1. The van der Waals surface area contributed by atoms with Gasteiger partial charge in [-0.1, -0.05) is 24.6 Å². The molecule has 1 atom stereocenters. The summed E-state index contributed by atoms with van der Waals surface area (Å²) < 4.78 is 0. The number of rotatable bonds is 0. The van der Waals surface area contributed by atoms with Crippen molar-refractivity contribution in [3.05, 3.63) is 28.8 Å². The highest BCUT2D eigenvalue weighted by Crippen LogP contribution is 2.44. The van der Waals surface area contributed by atoms with Crippen molar-refractivity contribution in [1.29, 1.82) is 0 Å². The lowest BCUT2D eigenvalue weighted by molar-refractivity contribution is 0.147. The standard InChI is InChI=1S/C14H21NO/c1-9-6-10(2)13-12(7-9)11(3)8-14(4,5)15(13)16/h6-7,11,16H,8H2,1-5H3. The maximum Gasteiger partial charge on any atom is 0.0704 e. The molecule has 1 N–H and O–H groups in total. The topological polar surface area (TPSA) is 23.5 Å². The van der Waals surface area contributed by atoms with Crippen LogP contribution >= 0.6 is 0 Å². The molecule has 2 heteroatoms. The largest absolute Gasteiger partial charge is 0.288 e. The highest BCUT2D eigenvalue weighted by Gasteiger charge is 2.36. The van der Waals surface area contributed by atoms with E-state index in [1.807, 2.05) is 0 Å². The Kier molecular flexibility index (Phi) is 2.50. The average Bonchev–Trinajstić information content (AvgIpc) is 2.13. The minimum Gasteiger partial charge on any atom is -0.288 e. The smallest absolute Gasteiger partial charge is 0.0704 e. The Morgan fingerprint density at radius 3 is 2.56 bits per heavy atom. The molecular formula is C14H21NO. The van der Waals surface area contributed by atoms with Crippen molar-refractivity contribution in [1.82, 2.24) is 0 Å². The van der Waals surface area contributed by atoms with Crippen molar-refractivity contribution in [2.24, 2.45) is 0 Å². The summed E-state index contributed by atoms with van der Waals surface area (Å²) in [5.41, 5.74) is 4.55. The highest BCUT2D eigenvalue weighted by atomic mass is 16.5. The van der Waals surface area contributed by atoms with Gasteiger partial charge >= 0.3 is 0 Å². The summed E-state index contributed by atoms with van der Waals surface area (Å²) in [7, 11) is 0. The van der Waals surface area contributed by atoms with Gasteiger partial charge in [0.05, 0.1) is 11.2 Å². The van der Waals surface area contributed by atoms with Crippen molar-refractivity contribution >= 4 is 5.69 Å². The van der Waals surface area contributed by atoms with Crippen LogP contribution in [0.4, 0.5) is 5.69 Å². The van der Waals surface area contributed by atoms with Crippen LogP contribution in [0.2, 0.25) is 0 Å². The predicted molar refractivity (Wildman–Crippen MR) is 67.3 cm³/mol. The van der Waals surface area contributed by atoms with Crippen molar-refractivity contribution in [2.75, 3.05) is 5.06 Å². The van der Waals surface area contributed by atoms with Gasteiger partial charge < -0.3 is 0 Å². The van der Waals surface area contributed by atoms with Crippen LogP contribution in [0, 0.1) is 13.8 Å². The molecule has 1 aliphatic heterocycles. The monoisotopic (exact) mass is 219 g/mol. The minimum absolute atomic E-state index is 0.174. The average molecular weight is 219 g/mol. The molecule has 88 valence electrons. The zero-order chi connectivity index (χ0) is 12.1. The molecule has 16 heavy (non-hydrogen) atoms. The molecule has 2 rings (SSSR count). The van der Waals surface area contributed by atoms with Gasteiger partial charge in [-0.2, -0.15) is 0 Å². The molecule has 0 radical (unpaired) electrons. The van der Waals surface area contributed by atoms with E-state index in [0.29, 0.717) is 5.92 Å². The Hall–Kier alpha value is -1.02. The van der Waals surface area contributed by atoms with Gasteiger partial charge in [0.2, 0.25) is 0 Å². The SMILES string of the molecule is Cc1cc(C)c2c(c1)C(C)CC(C)(C)N2O. The Morgan fingerprint density at radius 2 is 1.94 bits per heavy atom. The third kappa shape index (κ3) is 1.61. The maximum atomic E-state index is 10.3. The lowest BCUT2D eigenvalue weighted by Gasteiger charge is -2.44. The van der Waals surface area contributed by atoms with Crippen molar-refractivity contribution in [3.8, 4) is 0 Å². The van der Waals surface area contributed by atoms with Crippen LogP contribution < -0.4 is 5.06 Å². The third-order valence-electron chi connectivity index (χ3n) is 3.60. The Labute approximate surface area is 97.9 Å². The van der Waals surface area contributed by atoms with E-state index in [1.54, 1.807) is 0 Å². The minimum atomic E-state index is -0.174. The van der Waals surface area contributed by atoms with Gasteiger partial charge in [0, 0.05) is 0 Å². The molecule has 1 aromatic carbocycles. The molecule has 0 spiro atoms. The van der Waals surface area contributed by atoms with Gasteiger partial charge in [-0.3, -0.25) is 10.3 Å². The maximum absolute atomic E-state index is 10.3. The number of hydrogen-bond acceptors (Lipinski definition) is 2. The lowest BCUT2D eigenvalue weighted by Crippen LogP contribution is -2.46. The second-order valence-electron chi connectivity index (χ2n) is 5.75. The molecule has 0 bridgehead atoms. The van der Waals surface area contributed by atoms with Gasteiger partial charge in [0.1, 0.15) is 0 Å². The first-order valence-corrected chi connectivity index (χ1v) is 5.93. The fourth-order valence-electron chi connectivity index (χ4n) is 2.91. The molecule has 1 heterocycles. The number of benzene rings is 1. The molecule has 1 unspecified atom stereocenters. The first-order chi connectivity index (χ1) is 7.33. The molecule has 0 aromatic heterocycles. The fourth-order valence-corrected chi connectivity index (χ4v) is 2.91. The van der Waals surface area contributed by atoms with Gasteiger partial charge in [0.15, 0.2) is 0 Å². The molecule has 1 aliphatic rings. The van der Waals surface area contributed by atoms with E-state index < -0.39 is 0 Å². The highest BCUT2D eigenvalue weighted by molar-refractivity contribution is 5.63. The molecule has 2 nitrogen and oxygen atoms in total. The summed E-state index contributed by atoms with van der Waals surface area (Å²) in [6.45, 7) is 10.6. The van der Waals surface area contributed by atoms with Gasteiger partial charge in [0.25, 0.3) is 0 Å². The molecule has 1 aromatic rings. The van der Waals surface area contributed by atoms with E-state index >= 15 is 0 Å². The van der Waals surface area contributed by atoms with E-state index in [1.165, 1.54) is 16.2 Å². The first kappa shape index (κ1) is 11.5. The van der Waals surface area contributed by atoms with Crippen LogP contribution in [0.5, 0.6) is 0 Å². The number of aryl methyl sites for hydroxylation is 2. The Morgan fingerprint density at radius 1 is 1.31 bits per heavy atom. The summed E-state index contributed by atoms with van der Waals surface area (Å²) in [6, 6.07) is 4.33. The van der Waals surface area contributed by atoms with Crippen LogP contribution in [0.25, 0.3) is 0 Å². The third-order valence-corrected chi connectivity index (χ3v) is 3.60. The molecule has 0 fully saturated rings. The lowest BCUT2D eigenvalue weighted by atomic mass is 9.80. The van der Waals surface area contributed by atoms with Crippen molar-refractivity contribution in [3.63, 3.8) is 0 Å². The van der Waals surface area contributed by atoms with Gasteiger partial charge in [-0.15, -0.1) is 0 Å². The Balaban J connectivity index is 2.64. The molecule has 0 aliphatic carbocycles. The normalized spacial score (nSPS) is 23.1. The van der Waals surface area contributed by atoms with Crippen molar-refractivity contribution < 1.29 is 5.21 Å². The Bertz CT molecular complexity index is 423. The van der Waals surface area contributed by atoms with E-state index in [4.69, 9.17) is 0 Å². The molecule has 0 amide bonds. The summed E-state index contributed by atoms with van der Waals surface area (Å²) in [5.74, 6) is 0.506. The van der Waals surface area contributed by atoms with Crippen molar-refractivity contribution in [2.45, 2.75) is 52.5 Å². The number of fused-ring (bicyclic) bond motifs is 1. The molecule has 0 saturated heterocycles. The van der Waals surface area contributed by atoms with Crippen LogP contribution in [-0.4, -0.2) is 10.7 Å². The summed E-state index contributed by atoms with van der Waals surface area (Å²) in [4.78, 5) is 0. The van der Waals surface area contributed by atoms with Crippen LogP contribution in [0.1, 0.15) is 49.8 Å². The molecule has 0 saturated carbocycles.